The lowest BCUT2D eigenvalue weighted by Gasteiger charge is -2.20. The third kappa shape index (κ3) is 5.13. The molecule has 0 saturated heterocycles. The van der Waals surface area contributed by atoms with Gasteiger partial charge in [-0.1, -0.05) is 0 Å². The summed E-state index contributed by atoms with van der Waals surface area (Å²) >= 11 is 0. The number of pyridine rings is 2. The van der Waals surface area contributed by atoms with E-state index in [2.05, 4.69) is 4.98 Å². The molecule has 1 aromatic carbocycles. The molecule has 13 heteroatoms. The van der Waals surface area contributed by atoms with Crippen molar-refractivity contribution in [2.24, 2.45) is 0 Å². The average Bonchev–Trinajstić information content (AvgIpc) is 2.73. The molecule has 2 aromatic heterocycles. The second kappa shape index (κ2) is 9.31. The fraction of sp³-hybridized carbons (Fsp3) is 0.286. The number of hydrogen-bond donors (Lipinski definition) is 1. The molecular formula is C21H17F7N4O2. The highest BCUT2D eigenvalue weighted by Crippen LogP contribution is 2.24. The molecule has 1 unspecified atom stereocenters. The number of carbonyl (C=O) groups is 1. The van der Waals surface area contributed by atoms with E-state index < -0.39 is 53.7 Å². The first-order valence-electron chi connectivity index (χ1n) is 9.68. The molecule has 182 valence electrons. The van der Waals surface area contributed by atoms with Crippen LogP contribution in [-0.4, -0.2) is 47.7 Å². The summed E-state index contributed by atoms with van der Waals surface area (Å²) in [5, 5.41) is 1.35. The van der Waals surface area contributed by atoms with Crippen LogP contribution >= 0.6 is 0 Å². The zero-order valence-electron chi connectivity index (χ0n) is 17.6. The number of anilines is 1. The minimum Gasteiger partial charge on any atom is -0.354 e. The summed E-state index contributed by atoms with van der Waals surface area (Å²) in [6.45, 7) is -0.0483. The number of benzene rings is 1. The number of fused-ring (bicyclic) bond motifs is 1. The summed E-state index contributed by atoms with van der Waals surface area (Å²) in [6.07, 6.45) is -6.75. The molecule has 0 bridgehead atoms. The molecule has 0 saturated carbocycles. The molecule has 2 heterocycles. The normalized spacial score (nSPS) is 12.8. The Hall–Kier alpha value is -3.64. The highest BCUT2D eigenvalue weighted by Gasteiger charge is 2.37. The highest BCUT2D eigenvalue weighted by atomic mass is 19.4. The van der Waals surface area contributed by atoms with Gasteiger partial charge in [-0.05, 0) is 31.2 Å². The van der Waals surface area contributed by atoms with Gasteiger partial charge in [-0.25, -0.2) is 22.5 Å². The summed E-state index contributed by atoms with van der Waals surface area (Å²) < 4.78 is 93.1. The maximum absolute atomic E-state index is 14.6. The first-order valence-corrected chi connectivity index (χ1v) is 9.68. The third-order valence-corrected chi connectivity index (χ3v) is 4.89. The van der Waals surface area contributed by atoms with Gasteiger partial charge in [-0.15, -0.1) is 0 Å². The lowest BCUT2D eigenvalue weighted by Crippen LogP contribution is -2.44. The Balaban J connectivity index is 2.25. The number of nitrogens with zero attached hydrogens (tertiary/aromatic N) is 3. The second-order valence-electron chi connectivity index (χ2n) is 7.39. The largest absolute Gasteiger partial charge is 0.408 e. The van der Waals surface area contributed by atoms with E-state index in [1.54, 1.807) is 5.32 Å². The molecular weight excluding hydrogens is 473 g/mol. The Kier molecular flexibility index (Phi) is 6.84. The summed E-state index contributed by atoms with van der Waals surface area (Å²) in [5.41, 5.74) is -2.45. The Morgan fingerprint density at radius 3 is 2.44 bits per heavy atom. The predicted molar refractivity (Wildman–Crippen MR) is 110 cm³/mol. The van der Waals surface area contributed by atoms with Crippen LogP contribution in [0.1, 0.15) is 17.3 Å². The van der Waals surface area contributed by atoms with Crippen LogP contribution in [-0.2, 0) is 0 Å². The number of aromatic nitrogens is 2. The van der Waals surface area contributed by atoms with E-state index >= 15 is 0 Å². The second-order valence-corrected chi connectivity index (χ2v) is 7.39. The van der Waals surface area contributed by atoms with Gasteiger partial charge in [-0.3, -0.25) is 14.2 Å². The molecule has 0 radical (unpaired) electrons. The van der Waals surface area contributed by atoms with Crippen molar-refractivity contribution < 1.29 is 35.5 Å². The predicted octanol–water partition coefficient (Wildman–Crippen LogP) is 4.05. The van der Waals surface area contributed by atoms with Crippen molar-refractivity contribution in [1.29, 1.82) is 0 Å². The molecule has 1 amide bonds. The van der Waals surface area contributed by atoms with E-state index in [0.717, 1.165) is 33.9 Å². The van der Waals surface area contributed by atoms with Gasteiger partial charge in [0.15, 0.2) is 5.65 Å². The standard InChI is InChI=1S/C21H17F7N4O2/c1-10(21(26,27)28)29-20(34)13-8-32(15-5-3-11(22)7-14(15)23)19-12(18(13)33)4-6-17(30-19)31(2)9-16(24)25/h3-8,10,16H,9H2,1-2H3,(H,29,34). The quantitative estimate of drug-likeness (QED) is 0.530. The van der Waals surface area contributed by atoms with Crippen LogP contribution in [0.25, 0.3) is 16.7 Å². The lowest BCUT2D eigenvalue weighted by molar-refractivity contribution is -0.149. The number of nitrogens with one attached hydrogen (secondary N) is 1. The van der Waals surface area contributed by atoms with Gasteiger partial charge >= 0.3 is 6.18 Å². The van der Waals surface area contributed by atoms with Crippen molar-refractivity contribution in [1.82, 2.24) is 14.9 Å². The van der Waals surface area contributed by atoms with Gasteiger partial charge in [0.1, 0.15) is 29.1 Å². The van der Waals surface area contributed by atoms with E-state index in [0.29, 0.717) is 13.0 Å². The van der Waals surface area contributed by atoms with Crippen LogP contribution in [0, 0.1) is 11.6 Å². The molecule has 1 atom stereocenters. The zero-order chi connectivity index (χ0) is 25.4. The van der Waals surface area contributed by atoms with Gasteiger partial charge < -0.3 is 10.2 Å². The van der Waals surface area contributed by atoms with Crippen molar-refractivity contribution >= 4 is 22.8 Å². The number of amides is 1. The van der Waals surface area contributed by atoms with Crippen molar-refractivity contribution in [3.63, 3.8) is 0 Å². The molecule has 3 aromatic rings. The molecule has 0 aliphatic carbocycles. The fourth-order valence-corrected chi connectivity index (χ4v) is 3.08. The molecule has 34 heavy (non-hydrogen) atoms. The van der Waals surface area contributed by atoms with Gasteiger partial charge in [0.05, 0.1) is 17.6 Å². The average molecular weight is 490 g/mol. The third-order valence-electron chi connectivity index (χ3n) is 4.89. The number of halogens is 7. The molecule has 0 fully saturated rings. The molecule has 1 N–H and O–H groups in total. The minimum absolute atomic E-state index is 0.0358. The van der Waals surface area contributed by atoms with Crippen LogP contribution in [0.2, 0.25) is 0 Å². The SMILES string of the molecule is CC(NC(=O)c1cn(-c2ccc(F)cc2F)c2nc(N(C)CC(F)F)ccc2c1=O)C(F)(F)F. The Labute approximate surface area is 187 Å². The van der Waals surface area contributed by atoms with Crippen molar-refractivity contribution in [3.8, 4) is 5.69 Å². The van der Waals surface area contributed by atoms with E-state index in [1.165, 1.54) is 13.1 Å². The van der Waals surface area contributed by atoms with Crippen LogP contribution in [0.5, 0.6) is 0 Å². The maximum atomic E-state index is 14.6. The first kappa shape index (κ1) is 25.0. The van der Waals surface area contributed by atoms with E-state index in [4.69, 9.17) is 0 Å². The maximum Gasteiger partial charge on any atom is 0.408 e. The van der Waals surface area contributed by atoms with Crippen LogP contribution in [0.3, 0.4) is 0 Å². The van der Waals surface area contributed by atoms with Crippen LogP contribution in [0.15, 0.2) is 41.3 Å². The van der Waals surface area contributed by atoms with Gasteiger partial charge in [-0.2, -0.15) is 13.2 Å². The lowest BCUT2D eigenvalue weighted by atomic mass is 10.1. The van der Waals surface area contributed by atoms with Crippen molar-refractivity contribution in [3.05, 3.63) is 63.9 Å². The van der Waals surface area contributed by atoms with Gasteiger partial charge in [0, 0.05) is 19.3 Å². The molecule has 0 aliphatic heterocycles. The Morgan fingerprint density at radius 2 is 1.85 bits per heavy atom. The van der Waals surface area contributed by atoms with Crippen molar-refractivity contribution in [2.45, 2.75) is 25.6 Å². The van der Waals surface area contributed by atoms with Crippen molar-refractivity contribution in [2.75, 3.05) is 18.5 Å². The number of alkyl halides is 5. The topological polar surface area (TPSA) is 67.2 Å². The monoisotopic (exact) mass is 490 g/mol. The van der Waals surface area contributed by atoms with Crippen LogP contribution < -0.4 is 15.6 Å². The summed E-state index contributed by atoms with van der Waals surface area (Å²) in [4.78, 5) is 30.6. The van der Waals surface area contributed by atoms with E-state index in [9.17, 15) is 40.3 Å². The Bertz CT molecular complexity index is 1290. The van der Waals surface area contributed by atoms with E-state index in [-0.39, 0.29) is 22.5 Å². The molecule has 6 nitrogen and oxygen atoms in total. The summed E-state index contributed by atoms with van der Waals surface area (Å²) in [5.74, 6) is -3.49. The Morgan fingerprint density at radius 1 is 1.18 bits per heavy atom. The molecule has 0 aliphatic rings. The number of carbonyl (C=O) groups excluding carboxylic acids is 1. The minimum atomic E-state index is -4.79. The number of rotatable bonds is 6. The first-order chi connectivity index (χ1) is 15.8. The van der Waals surface area contributed by atoms with E-state index in [1.807, 2.05) is 0 Å². The molecule has 0 spiro atoms. The zero-order valence-corrected chi connectivity index (χ0v) is 17.6. The van der Waals surface area contributed by atoms with Crippen LogP contribution in [0.4, 0.5) is 36.6 Å². The highest BCUT2D eigenvalue weighted by molar-refractivity contribution is 5.97. The molecule has 3 rings (SSSR count). The summed E-state index contributed by atoms with van der Waals surface area (Å²) in [6, 6.07) is 2.38. The summed E-state index contributed by atoms with van der Waals surface area (Å²) in [7, 11) is 1.29. The number of hydrogen-bond acceptors (Lipinski definition) is 4. The van der Waals surface area contributed by atoms with Gasteiger partial charge in [0.25, 0.3) is 12.3 Å². The fourth-order valence-electron chi connectivity index (χ4n) is 3.08. The smallest absolute Gasteiger partial charge is 0.354 e. The van der Waals surface area contributed by atoms with Gasteiger partial charge in [0.2, 0.25) is 5.43 Å².